The van der Waals surface area contributed by atoms with Crippen LogP contribution in [0.15, 0.2) is 84.9 Å². The summed E-state index contributed by atoms with van der Waals surface area (Å²) in [4.78, 5) is 0. The molecule has 1 saturated heterocycles. The summed E-state index contributed by atoms with van der Waals surface area (Å²) in [5.41, 5.74) is 3.30. The van der Waals surface area contributed by atoms with E-state index in [4.69, 9.17) is 9.47 Å². The molecule has 162 valence electrons. The summed E-state index contributed by atoms with van der Waals surface area (Å²) in [5.74, 6) is 2.41. The van der Waals surface area contributed by atoms with Crippen molar-refractivity contribution in [3.05, 3.63) is 84.9 Å². The van der Waals surface area contributed by atoms with E-state index in [2.05, 4.69) is 71.3 Å². The Morgan fingerprint density at radius 1 is 0.844 bits per heavy atom. The van der Waals surface area contributed by atoms with Gasteiger partial charge < -0.3 is 20.1 Å². The van der Waals surface area contributed by atoms with E-state index in [1.807, 2.05) is 24.3 Å². The minimum Gasteiger partial charge on any atom is -0.497 e. The molecule has 1 heterocycles. The molecular weight excluding hydrogens is 396 g/mol. The molecule has 5 rings (SSSR count). The summed E-state index contributed by atoms with van der Waals surface area (Å²) < 4.78 is 11.6. The number of nitrogens with one attached hydrogen (secondary N) is 2. The van der Waals surface area contributed by atoms with Gasteiger partial charge in [-0.15, -0.1) is 0 Å². The average molecular weight is 425 g/mol. The zero-order valence-electron chi connectivity index (χ0n) is 18.3. The van der Waals surface area contributed by atoms with Gasteiger partial charge in [-0.25, -0.2) is 0 Å². The number of hydrogen-bond acceptors (Lipinski definition) is 4. The van der Waals surface area contributed by atoms with Gasteiger partial charge in [0.05, 0.1) is 12.8 Å². The molecule has 0 bridgehead atoms. The minimum atomic E-state index is 0.504. The Morgan fingerprint density at radius 2 is 1.59 bits per heavy atom. The molecular formula is C28H28N2O2. The molecule has 1 aliphatic heterocycles. The zero-order valence-corrected chi connectivity index (χ0v) is 18.3. The lowest BCUT2D eigenvalue weighted by Gasteiger charge is -2.17. The Hall–Kier alpha value is -3.50. The smallest absolute Gasteiger partial charge is 0.151 e. The number of anilines is 1. The quantitative estimate of drug-likeness (QED) is 0.357. The minimum absolute atomic E-state index is 0.504. The predicted octanol–water partition coefficient (Wildman–Crippen LogP) is 6.47. The number of hydrogen-bond donors (Lipinski definition) is 2. The van der Waals surface area contributed by atoms with Gasteiger partial charge in [-0.3, -0.25) is 0 Å². The fourth-order valence-electron chi connectivity index (χ4n) is 4.24. The highest BCUT2D eigenvalue weighted by atomic mass is 16.5. The highest BCUT2D eigenvalue weighted by Crippen LogP contribution is 2.35. The third kappa shape index (κ3) is 4.56. The van der Waals surface area contributed by atoms with E-state index in [1.165, 1.54) is 29.2 Å². The summed E-state index contributed by atoms with van der Waals surface area (Å²) in [7, 11) is 1.67. The Bertz CT molecular complexity index is 1200. The lowest BCUT2D eigenvalue weighted by Crippen LogP contribution is -2.29. The second-order valence-electron chi connectivity index (χ2n) is 8.22. The first-order valence-corrected chi connectivity index (χ1v) is 11.2. The van der Waals surface area contributed by atoms with E-state index in [0.717, 1.165) is 41.6 Å². The van der Waals surface area contributed by atoms with Crippen LogP contribution < -0.4 is 20.1 Å². The zero-order chi connectivity index (χ0) is 21.8. The lowest BCUT2D eigenvalue weighted by atomic mass is 10.0. The number of rotatable bonds is 7. The van der Waals surface area contributed by atoms with Crippen molar-refractivity contribution in [2.24, 2.45) is 0 Å². The maximum atomic E-state index is 6.34. The first-order valence-electron chi connectivity index (χ1n) is 11.2. The van der Waals surface area contributed by atoms with E-state index in [9.17, 15) is 0 Å². The topological polar surface area (TPSA) is 42.5 Å². The van der Waals surface area contributed by atoms with Crippen molar-refractivity contribution in [2.75, 3.05) is 25.5 Å². The molecule has 4 aromatic rings. The van der Waals surface area contributed by atoms with Gasteiger partial charge in [-0.2, -0.15) is 0 Å². The molecule has 1 atom stereocenters. The number of benzene rings is 4. The largest absolute Gasteiger partial charge is 0.497 e. The summed E-state index contributed by atoms with van der Waals surface area (Å²) in [6.45, 7) is 1.98. The van der Waals surface area contributed by atoms with Crippen LogP contribution in [0.5, 0.6) is 17.2 Å². The Kier molecular flexibility index (Phi) is 5.95. The Labute approximate surface area is 189 Å². The molecule has 32 heavy (non-hydrogen) atoms. The summed E-state index contributed by atoms with van der Waals surface area (Å²) in [6, 6.07) is 29.6. The number of ether oxygens (including phenoxy) is 2. The third-order valence-electron chi connectivity index (χ3n) is 6.05. The maximum absolute atomic E-state index is 6.34. The molecule has 0 aliphatic carbocycles. The lowest BCUT2D eigenvalue weighted by molar-refractivity contribution is 0.413. The fourth-order valence-corrected chi connectivity index (χ4v) is 4.24. The Balaban J connectivity index is 1.46. The second kappa shape index (κ2) is 9.33. The SMILES string of the molecule is COc1ccc(Oc2cc(-c3ccc4ccccc4c3)ccc2NCC2CCCN2)cc1. The molecule has 0 aromatic heterocycles. The molecule has 1 unspecified atom stereocenters. The van der Waals surface area contributed by atoms with Gasteiger partial charge in [-0.1, -0.05) is 42.5 Å². The van der Waals surface area contributed by atoms with E-state index in [1.54, 1.807) is 7.11 Å². The van der Waals surface area contributed by atoms with Crippen molar-refractivity contribution in [1.29, 1.82) is 0 Å². The van der Waals surface area contributed by atoms with Crippen molar-refractivity contribution in [2.45, 2.75) is 18.9 Å². The van der Waals surface area contributed by atoms with Gasteiger partial charge in [0.2, 0.25) is 0 Å². The van der Waals surface area contributed by atoms with Crippen LogP contribution in [0.3, 0.4) is 0 Å². The van der Waals surface area contributed by atoms with Crippen LogP contribution in [0.2, 0.25) is 0 Å². The molecule has 2 N–H and O–H groups in total. The second-order valence-corrected chi connectivity index (χ2v) is 8.22. The van der Waals surface area contributed by atoms with Gasteiger partial charge >= 0.3 is 0 Å². The van der Waals surface area contributed by atoms with E-state index in [0.29, 0.717) is 6.04 Å². The molecule has 0 radical (unpaired) electrons. The summed E-state index contributed by atoms with van der Waals surface area (Å²) >= 11 is 0. The summed E-state index contributed by atoms with van der Waals surface area (Å²) in [5, 5.41) is 9.62. The van der Waals surface area contributed by atoms with Gasteiger partial charge in [0, 0.05) is 12.6 Å². The normalized spacial score (nSPS) is 15.6. The van der Waals surface area contributed by atoms with E-state index < -0.39 is 0 Å². The van der Waals surface area contributed by atoms with E-state index in [-0.39, 0.29) is 0 Å². The highest BCUT2D eigenvalue weighted by Gasteiger charge is 2.15. The predicted molar refractivity (Wildman–Crippen MR) is 132 cm³/mol. The average Bonchev–Trinajstić information content (AvgIpc) is 3.37. The standard InChI is InChI=1S/C28H28N2O2/c1-31-25-11-13-26(14-12-25)32-28-18-23(10-15-27(28)30-19-24-7-4-16-29-24)22-9-8-20-5-2-3-6-21(20)17-22/h2-3,5-6,8-15,17-18,24,29-30H,4,7,16,19H2,1H3. The van der Waals surface area contributed by atoms with Crippen molar-refractivity contribution in [1.82, 2.24) is 5.32 Å². The van der Waals surface area contributed by atoms with Crippen LogP contribution in [0.1, 0.15) is 12.8 Å². The summed E-state index contributed by atoms with van der Waals surface area (Å²) in [6.07, 6.45) is 2.44. The first kappa shape index (κ1) is 20.4. The van der Waals surface area contributed by atoms with Crippen molar-refractivity contribution < 1.29 is 9.47 Å². The van der Waals surface area contributed by atoms with Crippen molar-refractivity contribution in [3.8, 4) is 28.4 Å². The first-order chi connectivity index (χ1) is 15.8. The van der Waals surface area contributed by atoms with Gasteiger partial charge in [0.1, 0.15) is 11.5 Å². The van der Waals surface area contributed by atoms with Crippen LogP contribution in [0, 0.1) is 0 Å². The maximum Gasteiger partial charge on any atom is 0.151 e. The molecule has 4 heteroatoms. The molecule has 0 spiro atoms. The van der Waals surface area contributed by atoms with Gasteiger partial charge in [0.15, 0.2) is 5.75 Å². The third-order valence-corrected chi connectivity index (χ3v) is 6.05. The van der Waals surface area contributed by atoms with Crippen LogP contribution in [0.25, 0.3) is 21.9 Å². The number of methoxy groups -OCH3 is 1. The van der Waals surface area contributed by atoms with Crippen LogP contribution in [-0.2, 0) is 0 Å². The molecule has 1 aliphatic rings. The van der Waals surface area contributed by atoms with Gasteiger partial charge in [0.25, 0.3) is 0 Å². The monoisotopic (exact) mass is 424 g/mol. The Morgan fingerprint density at radius 3 is 2.38 bits per heavy atom. The number of fused-ring (bicyclic) bond motifs is 1. The van der Waals surface area contributed by atoms with Crippen LogP contribution >= 0.6 is 0 Å². The highest BCUT2D eigenvalue weighted by molar-refractivity contribution is 5.87. The van der Waals surface area contributed by atoms with Crippen molar-refractivity contribution >= 4 is 16.5 Å². The molecule has 1 fully saturated rings. The van der Waals surface area contributed by atoms with Crippen molar-refractivity contribution in [3.63, 3.8) is 0 Å². The van der Waals surface area contributed by atoms with E-state index >= 15 is 0 Å². The molecule has 0 saturated carbocycles. The molecule has 4 aromatic carbocycles. The van der Waals surface area contributed by atoms with Crippen LogP contribution in [-0.4, -0.2) is 26.2 Å². The molecule has 0 amide bonds. The van der Waals surface area contributed by atoms with Gasteiger partial charge in [-0.05, 0) is 83.8 Å². The fraction of sp³-hybridized carbons (Fsp3) is 0.214. The van der Waals surface area contributed by atoms with Crippen LogP contribution in [0.4, 0.5) is 5.69 Å². The molecule has 4 nitrogen and oxygen atoms in total.